The number of ether oxygens (including phenoxy) is 2. The van der Waals surface area contributed by atoms with E-state index in [0.29, 0.717) is 13.2 Å². The Labute approximate surface area is 96.4 Å². The normalized spacial score (nSPS) is 10.5. The van der Waals surface area contributed by atoms with Crippen LogP contribution < -0.4 is 9.47 Å². The standard InChI is InChI=1S/C12H19NO3/c1-13(7-9-14)8-10-16-12-5-3-11(15-2)4-6-12/h3-6,14H,7-10H2,1-2H3. The summed E-state index contributed by atoms with van der Waals surface area (Å²) in [7, 11) is 3.59. The minimum absolute atomic E-state index is 0.180. The second-order valence-electron chi connectivity index (χ2n) is 3.55. The van der Waals surface area contributed by atoms with Gasteiger partial charge in [-0.05, 0) is 31.3 Å². The Morgan fingerprint density at radius 1 is 1.12 bits per heavy atom. The van der Waals surface area contributed by atoms with Gasteiger partial charge in [0.25, 0.3) is 0 Å². The predicted octanol–water partition coefficient (Wildman–Crippen LogP) is 0.998. The quantitative estimate of drug-likeness (QED) is 0.751. The lowest BCUT2D eigenvalue weighted by Gasteiger charge is -2.15. The van der Waals surface area contributed by atoms with Crippen molar-refractivity contribution in [1.82, 2.24) is 4.90 Å². The van der Waals surface area contributed by atoms with Gasteiger partial charge in [-0.2, -0.15) is 0 Å². The fraction of sp³-hybridized carbons (Fsp3) is 0.500. The molecule has 1 rings (SSSR count). The minimum atomic E-state index is 0.180. The number of benzene rings is 1. The maximum atomic E-state index is 8.71. The number of aliphatic hydroxyl groups excluding tert-OH is 1. The van der Waals surface area contributed by atoms with Crippen LogP contribution in [0, 0.1) is 0 Å². The number of hydrogen-bond acceptors (Lipinski definition) is 4. The molecule has 4 nitrogen and oxygen atoms in total. The molecular formula is C12H19NO3. The summed E-state index contributed by atoms with van der Waals surface area (Å²) < 4.78 is 10.6. The van der Waals surface area contributed by atoms with E-state index in [9.17, 15) is 0 Å². The van der Waals surface area contributed by atoms with E-state index in [1.807, 2.05) is 36.2 Å². The molecule has 0 aromatic heterocycles. The first-order chi connectivity index (χ1) is 7.76. The highest BCUT2D eigenvalue weighted by Crippen LogP contribution is 2.16. The Kier molecular flexibility index (Phi) is 5.67. The third-order valence-corrected chi connectivity index (χ3v) is 2.28. The third-order valence-electron chi connectivity index (χ3n) is 2.28. The summed E-state index contributed by atoms with van der Waals surface area (Å²) in [6, 6.07) is 7.50. The van der Waals surface area contributed by atoms with E-state index >= 15 is 0 Å². The lowest BCUT2D eigenvalue weighted by atomic mass is 10.3. The smallest absolute Gasteiger partial charge is 0.119 e. The molecule has 0 spiro atoms. The summed E-state index contributed by atoms with van der Waals surface area (Å²) in [6.07, 6.45) is 0. The molecule has 0 aliphatic carbocycles. The second kappa shape index (κ2) is 7.09. The van der Waals surface area contributed by atoms with E-state index < -0.39 is 0 Å². The van der Waals surface area contributed by atoms with E-state index in [0.717, 1.165) is 18.0 Å². The van der Waals surface area contributed by atoms with E-state index in [4.69, 9.17) is 14.6 Å². The van der Waals surface area contributed by atoms with Crippen LogP contribution in [0.2, 0.25) is 0 Å². The van der Waals surface area contributed by atoms with Crippen molar-refractivity contribution < 1.29 is 14.6 Å². The average Bonchev–Trinajstić information content (AvgIpc) is 2.30. The highest BCUT2D eigenvalue weighted by atomic mass is 16.5. The van der Waals surface area contributed by atoms with E-state index in [2.05, 4.69) is 0 Å². The van der Waals surface area contributed by atoms with Gasteiger partial charge in [0, 0.05) is 13.1 Å². The molecule has 4 heteroatoms. The van der Waals surface area contributed by atoms with Gasteiger partial charge >= 0.3 is 0 Å². The van der Waals surface area contributed by atoms with E-state index in [1.165, 1.54) is 0 Å². The summed E-state index contributed by atoms with van der Waals surface area (Å²) in [5, 5.41) is 8.71. The van der Waals surface area contributed by atoms with Gasteiger partial charge in [0.05, 0.1) is 13.7 Å². The number of aliphatic hydroxyl groups is 1. The van der Waals surface area contributed by atoms with Crippen molar-refractivity contribution in [3.63, 3.8) is 0 Å². The maximum Gasteiger partial charge on any atom is 0.119 e. The topological polar surface area (TPSA) is 41.9 Å². The molecule has 0 fully saturated rings. The van der Waals surface area contributed by atoms with Crippen LogP contribution in [0.1, 0.15) is 0 Å². The third kappa shape index (κ3) is 4.51. The van der Waals surface area contributed by atoms with E-state index in [-0.39, 0.29) is 6.61 Å². The van der Waals surface area contributed by atoms with Gasteiger partial charge in [0.1, 0.15) is 18.1 Å². The van der Waals surface area contributed by atoms with Gasteiger partial charge in [-0.1, -0.05) is 0 Å². The summed E-state index contributed by atoms with van der Waals surface area (Å²) in [6.45, 7) is 2.26. The van der Waals surface area contributed by atoms with Crippen molar-refractivity contribution in [3.8, 4) is 11.5 Å². The molecule has 1 aromatic carbocycles. The van der Waals surface area contributed by atoms with Gasteiger partial charge < -0.3 is 19.5 Å². The predicted molar refractivity (Wildman–Crippen MR) is 63.1 cm³/mol. The summed E-state index contributed by atoms with van der Waals surface area (Å²) in [5.74, 6) is 1.66. The molecule has 0 heterocycles. The van der Waals surface area contributed by atoms with Gasteiger partial charge in [-0.25, -0.2) is 0 Å². The van der Waals surface area contributed by atoms with Crippen LogP contribution in [0.5, 0.6) is 11.5 Å². The molecular weight excluding hydrogens is 206 g/mol. The summed E-state index contributed by atoms with van der Waals surface area (Å²) in [5.41, 5.74) is 0. The highest BCUT2D eigenvalue weighted by molar-refractivity contribution is 5.31. The average molecular weight is 225 g/mol. The lowest BCUT2D eigenvalue weighted by molar-refractivity contribution is 0.192. The SMILES string of the molecule is COc1ccc(OCCN(C)CCO)cc1. The minimum Gasteiger partial charge on any atom is -0.497 e. The fourth-order valence-corrected chi connectivity index (χ4v) is 1.27. The first-order valence-electron chi connectivity index (χ1n) is 5.32. The molecule has 0 aliphatic heterocycles. The van der Waals surface area contributed by atoms with Crippen molar-refractivity contribution in [2.75, 3.05) is 40.5 Å². The molecule has 0 aliphatic rings. The Morgan fingerprint density at radius 2 is 1.75 bits per heavy atom. The van der Waals surface area contributed by atoms with Gasteiger partial charge in [0.15, 0.2) is 0 Å². The molecule has 0 amide bonds. The highest BCUT2D eigenvalue weighted by Gasteiger charge is 1.98. The molecule has 1 aromatic rings. The first-order valence-corrected chi connectivity index (χ1v) is 5.32. The monoisotopic (exact) mass is 225 g/mol. The molecule has 16 heavy (non-hydrogen) atoms. The van der Waals surface area contributed by atoms with Crippen molar-refractivity contribution >= 4 is 0 Å². The number of hydrogen-bond donors (Lipinski definition) is 1. The Balaban J connectivity index is 2.26. The molecule has 90 valence electrons. The number of nitrogens with zero attached hydrogens (tertiary/aromatic N) is 1. The Hall–Kier alpha value is -1.26. The van der Waals surface area contributed by atoms with E-state index in [1.54, 1.807) is 7.11 Å². The van der Waals surface area contributed by atoms with Crippen molar-refractivity contribution in [3.05, 3.63) is 24.3 Å². The molecule has 0 saturated carbocycles. The van der Waals surface area contributed by atoms with Gasteiger partial charge in [0.2, 0.25) is 0 Å². The van der Waals surface area contributed by atoms with Crippen LogP contribution >= 0.6 is 0 Å². The van der Waals surface area contributed by atoms with Crippen LogP contribution in [0.15, 0.2) is 24.3 Å². The number of methoxy groups -OCH3 is 1. The molecule has 0 unspecified atom stereocenters. The zero-order chi connectivity index (χ0) is 11.8. The van der Waals surface area contributed by atoms with Gasteiger partial charge in [-0.3, -0.25) is 0 Å². The summed E-state index contributed by atoms with van der Waals surface area (Å²) in [4.78, 5) is 2.02. The Bertz CT molecular complexity index is 287. The van der Waals surface area contributed by atoms with Crippen LogP contribution in [-0.4, -0.2) is 50.5 Å². The maximum absolute atomic E-state index is 8.71. The fourth-order valence-electron chi connectivity index (χ4n) is 1.27. The van der Waals surface area contributed by atoms with Crippen LogP contribution in [0.4, 0.5) is 0 Å². The number of likely N-dealkylation sites (N-methyl/N-ethyl adjacent to an activating group) is 1. The molecule has 0 saturated heterocycles. The van der Waals surface area contributed by atoms with Crippen molar-refractivity contribution in [1.29, 1.82) is 0 Å². The molecule has 1 N–H and O–H groups in total. The zero-order valence-electron chi connectivity index (χ0n) is 9.85. The second-order valence-corrected chi connectivity index (χ2v) is 3.55. The number of rotatable bonds is 7. The van der Waals surface area contributed by atoms with Crippen LogP contribution in [-0.2, 0) is 0 Å². The van der Waals surface area contributed by atoms with Gasteiger partial charge in [-0.15, -0.1) is 0 Å². The lowest BCUT2D eigenvalue weighted by Crippen LogP contribution is -2.27. The largest absolute Gasteiger partial charge is 0.497 e. The molecule has 0 bridgehead atoms. The van der Waals surface area contributed by atoms with Crippen molar-refractivity contribution in [2.24, 2.45) is 0 Å². The summed E-state index contributed by atoms with van der Waals surface area (Å²) >= 11 is 0. The molecule has 0 radical (unpaired) electrons. The zero-order valence-corrected chi connectivity index (χ0v) is 9.85. The van der Waals surface area contributed by atoms with Crippen LogP contribution in [0.25, 0.3) is 0 Å². The Morgan fingerprint density at radius 3 is 2.31 bits per heavy atom. The molecule has 0 atom stereocenters. The van der Waals surface area contributed by atoms with Crippen molar-refractivity contribution in [2.45, 2.75) is 0 Å². The first kappa shape index (κ1) is 12.8. The van der Waals surface area contributed by atoms with Crippen LogP contribution in [0.3, 0.4) is 0 Å².